The van der Waals surface area contributed by atoms with E-state index in [9.17, 15) is 9.90 Å². The Bertz CT molecular complexity index is 385. The van der Waals surface area contributed by atoms with E-state index in [1.54, 1.807) is 24.3 Å². The number of amides is 1. The fraction of sp³-hybridized carbons (Fsp3) is 0.417. The number of carbonyl (C=O) groups is 1. The molecule has 2 rings (SSSR count). The van der Waals surface area contributed by atoms with E-state index in [0.717, 1.165) is 0 Å². The van der Waals surface area contributed by atoms with Gasteiger partial charge in [0, 0.05) is 11.3 Å². The van der Waals surface area contributed by atoms with Crippen molar-refractivity contribution in [2.24, 2.45) is 0 Å². The van der Waals surface area contributed by atoms with Gasteiger partial charge in [0.05, 0.1) is 24.0 Å². The molecule has 0 aliphatic carbocycles. The van der Waals surface area contributed by atoms with Gasteiger partial charge >= 0.3 is 0 Å². The minimum atomic E-state index is -0.683. The first-order valence-electron chi connectivity index (χ1n) is 5.49. The topological polar surface area (TPSA) is 69.6 Å². The van der Waals surface area contributed by atoms with E-state index < -0.39 is 6.10 Å². The molecule has 1 fully saturated rings. The van der Waals surface area contributed by atoms with Crippen LogP contribution in [0.5, 0.6) is 0 Å². The standard InChI is InChI=1S/C12H15NO3S/c14-6-10-11(15)9(7-17-10)13-12(16)8-4-2-1-3-5-8/h1-5,9-11,14-15H,6-7H2,(H,13,16)/t9-,10-,11-/m1/s1. The van der Waals surface area contributed by atoms with Crippen molar-refractivity contribution in [1.29, 1.82) is 0 Å². The summed E-state index contributed by atoms with van der Waals surface area (Å²) in [5, 5.41) is 21.5. The van der Waals surface area contributed by atoms with Gasteiger partial charge in [-0.25, -0.2) is 0 Å². The van der Waals surface area contributed by atoms with E-state index >= 15 is 0 Å². The number of hydrogen-bond donors (Lipinski definition) is 3. The van der Waals surface area contributed by atoms with E-state index in [-0.39, 0.29) is 23.8 Å². The lowest BCUT2D eigenvalue weighted by Gasteiger charge is -2.18. The Hall–Kier alpha value is -1.04. The fourth-order valence-corrected chi connectivity index (χ4v) is 3.04. The van der Waals surface area contributed by atoms with Crippen molar-refractivity contribution in [2.75, 3.05) is 12.4 Å². The van der Waals surface area contributed by atoms with Gasteiger partial charge in [0.25, 0.3) is 5.91 Å². The van der Waals surface area contributed by atoms with Gasteiger partial charge < -0.3 is 15.5 Å². The number of nitrogens with one attached hydrogen (secondary N) is 1. The van der Waals surface area contributed by atoms with Gasteiger partial charge in [-0.15, -0.1) is 0 Å². The van der Waals surface area contributed by atoms with Crippen molar-refractivity contribution in [3.8, 4) is 0 Å². The van der Waals surface area contributed by atoms with E-state index in [1.165, 1.54) is 11.8 Å². The Kier molecular flexibility index (Phi) is 4.04. The minimum Gasteiger partial charge on any atom is -0.395 e. The van der Waals surface area contributed by atoms with Crippen molar-refractivity contribution in [2.45, 2.75) is 17.4 Å². The smallest absolute Gasteiger partial charge is 0.251 e. The van der Waals surface area contributed by atoms with Gasteiger partial charge in [0.15, 0.2) is 0 Å². The van der Waals surface area contributed by atoms with Crippen LogP contribution in [0.25, 0.3) is 0 Å². The van der Waals surface area contributed by atoms with Gasteiger partial charge in [0.2, 0.25) is 0 Å². The molecule has 0 bridgehead atoms. The van der Waals surface area contributed by atoms with Gasteiger partial charge in [-0.3, -0.25) is 4.79 Å². The molecule has 5 heteroatoms. The first-order valence-corrected chi connectivity index (χ1v) is 6.53. The lowest BCUT2D eigenvalue weighted by molar-refractivity contribution is 0.0837. The van der Waals surface area contributed by atoms with Gasteiger partial charge in [-0.2, -0.15) is 11.8 Å². The van der Waals surface area contributed by atoms with Crippen LogP contribution < -0.4 is 5.32 Å². The molecule has 1 heterocycles. The number of thioether (sulfide) groups is 1. The Balaban J connectivity index is 1.96. The van der Waals surface area contributed by atoms with Gasteiger partial charge in [0.1, 0.15) is 0 Å². The Morgan fingerprint density at radius 1 is 1.41 bits per heavy atom. The molecule has 1 aromatic carbocycles. The Labute approximate surface area is 104 Å². The van der Waals surface area contributed by atoms with Crippen molar-refractivity contribution in [3.63, 3.8) is 0 Å². The monoisotopic (exact) mass is 253 g/mol. The van der Waals surface area contributed by atoms with Crippen LogP contribution in [0.3, 0.4) is 0 Å². The van der Waals surface area contributed by atoms with Crippen LogP contribution >= 0.6 is 11.8 Å². The zero-order valence-corrected chi connectivity index (χ0v) is 10.1. The van der Waals surface area contributed by atoms with Crippen molar-refractivity contribution < 1.29 is 15.0 Å². The second-order valence-electron chi connectivity index (χ2n) is 3.99. The SMILES string of the molecule is O=C(N[C@@H]1CS[C@H](CO)[C@@H]1O)c1ccccc1. The van der Waals surface area contributed by atoms with E-state index in [0.29, 0.717) is 11.3 Å². The number of benzene rings is 1. The van der Waals surface area contributed by atoms with Crippen molar-refractivity contribution in [1.82, 2.24) is 5.32 Å². The predicted molar refractivity (Wildman–Crippen MR) is 67.0 cm³/mol. The third-order valence-electron chi connectivity index (χ3n) is 2.82. The summed E-state index contributed by atoms with van der Waals surface area (Å²) in [6, 6.07) is 8.61. The summed E-state index contributed by atoms with van der Waals surface area (Å²) in [6.45, 7) is -0.0659. The van der Waals surface area contributed by atoms with E-state index in [1.807, 2.05) is 6.07 Å². The van der Waals surface area contributed by atoms with E-state index in [2.05, 4.69) is 5.32 Å². The summed E-state index contributed by atoms with van der Waals surface area (Å²) in [4.78, 5) is 11.8. The molecule has 1 aliphatic rings. The summed E-state index contributed by atoms with van der Waals surface area (Å²) in [5.74, 6) is 0.444. The third-order valence-corrected chi connectivity index (χ3v) is 4.22. The molecule has 3 N–H and O–H groups in total. The summed E-state index contributed by atoms with van der Waals surface area (Å²) >= 11 is 1.48. The van der Waals surface area contributed by atoms with Crippen LogP contribution in [0.2, 0.25) is 0 Å². The normalized spacial score (nSPS) is 28.0. The van der Waals surface area contributed by atoms with Gasteiger partial charge in [-0.05, 0) is 12.1 Å². The molecular weight excluding hydrogens is 238 g/mol. The quantitative estimate of drug-likeness (QED) is 0.722. The average molecular weight is 253 g/mol. The van der Waals surface area contributed by atoms with E-state index in [4.69, 9.17) is 5.11 Å². The van der Waals surface area contributed by atoms with Crippen LogP contribution in [-0.4, -0.2) is 45.9 Å². The summed E-state index contributed by atoms with van der Waals surface area (Å²) in [6.07, 6.45) is -0.683. The van der Waals surface area contributed by atoms with Crippen LogP contribution in [0.15, 0.2) is 30.3 Å². The summed E-state index contributed by atoms with van der Waals surface area (Å²) in [5.41, 5.74) is 0.581. The molecule has 0 spiro atoms. The van der Waals surface area contributed by atoms with Crippen molar-refractivity contribution >= 4 is 17.7 Å². The molecular formula is C12H15NO3S. The molecule has 92 valence electrons. The first-order chi connectivity index (χ1) is 8.22. The molecule has 1 aliphatic heterocycles. The molecule has 1 amide bonds. The van der Waals surface area contributed by atoms with Gasteiger partial charge in [-0.1, -0.05) is 18.2 Å². The lowest BCUT2D eigenvalue weighted by Crippen LogP contribution is -2.44. The second-order valence-corrected chi connectivity index (χ2v) is 5.26. The first kappa shape index (κ1) is 12.4. The average Bonchev–Trinajstić information content (AvgIpc) is 2.71. The molecule has 0 saturated carbocycles. The molecule has 1 saturated heterocycles. The third kappa shape index (κ3) is 2.80. The lowest BCUT2D eigenvalue weighted by atomic mass is 10.1. The minimum absolute atomic E-state index is 0.0659. The predicted octanol–water partition coefficient (Wildman–Crippen LogP) is 0.254. The number of carbonyl (C=O) groups excluding carboxylic acids is 1. The molecule has 0 radical (unpaired) electrons. The van der Waals surface area contributed by atoms with Crippen LogP contribution in [0.4, 0.5) is 0 Å². The van der Waals surface area contributed by atoms with Crippen LogP contribution in [0.1, 0.15) is 10.4 Å². The number of hydrogen-bond acceptors (Lipinski definition) is 4. The Morgan fingerprint density at radius 2 is 2.12 bits per heavy atom. The zero-order chi connectivity index (χ0) is 12.3. The molecule has 0 unspecified atom stereocenters. The van der Waals surface area contributed by atoms with Crippen molar-refractivity contribution in [3.05, 3.63) is 35.9 Å². The fourth-order valence-electron chi connectivity index (χ4n) is 1.81. The highest BCUT2D eigenvalue weighted by molar-refractivity contribution is 8.00. The largest absolute Gasteiger partial charge is 0.395 e. The number of aliphatic hydroxyl groups excluding tert-OH is 2. The maximum absolute atomic E-state index is 11.8. The molecule has 0 aromatic heterocycles. The maximum Gasteiger partial charge on any atom is 0.251 e. The highest BCUT2D eigenvalue weighted by atomic mass is 32.2. The molecule has 17 heavy (non-hydrogen) atoms. The number of aliphatic hydroxyl groups is 2. The Morgan fingerprint density at radius 3 is 2.71 bits per heavy atom. The molecule has 3 atom stereocenters. The molecule has 4 nitrogen and oxygen atoms in total. The summed E-state index contributed by atoms with van der Waals surface area (Å²) in [7, 11) is 0. The molecule has 1 aromatic rings. The maximum atomic E-state index is 11.8. The van der Waals surface area contributed by atoms with Crippen LogP contribution in [-0.2, 0) is 0 Å². The highest BCUT2D eigenvalue weighted by Crippen LogP contribution is 2.26. The zero-order valence-electron chi connectivity index (χ0n) is 9.24. The second kappa shape index (κ2) is 5.53. The summed E-state index contributed by atoms with van der Waals surface area (Å²) < 4.78 is 0. The highest BCUT2D eigenvalue weighted by Gasteiger charge is 2.35. The number of rotatable bonds is 3. The van der Waals surface area contributed by atoms with Crippen LogP contribution in [0, 0.1) is 0 Å².